The Hall–Kier alpha value is -0.380. The standard InChI is InChI=1S/C15H22O3/c1-5-13(7-2-10-16-13)15(9-4-12-18-15)14(6-1)8-3-11-17-14/h1,5H,2-4,6-12H2/t13-,14+,15+/m1/s1. The van der Waals surface area contributed by atoms with E-state index in [1.54, 1.807) is 0 Å². The molecule has 0 bridgehead atoms. The molecule has 3 heterocycles. The van der Waals surface area contributed by atoms with Crippen LogP contribution in [0.3, 0.4) is 0 Å². The average Bonchev–Trinajstić information content (AvgIpc) is 3.08. The second-order valence-corrected chi connectivity index (χ2v) is 6.17. The van der Waals surface area contributed by atoms with Gasteiger partial charge in [-0.25, -0.2) is 0 Å². The fourth-order valence-electron chi connectivity index (χ4n) is 4.75. The molecule has 3 fully saturated rings. The van der Waals surface area contributed by atoms with Gasteiger partial charge in [0.25, 0.3) is 0 Å². The molecule has 3 spiro atoms. The van der Waals surface area contributed by atoms with Crippen molar-refractivity contribution in [3.05, 3.63) is 12.2 Å². The van der Waals surface area contributed by atoms with Crippen LogP contribution < -0.4 is 0 Å². The van der Waals surface area contributed by atoms with Gasteiger partial charge in [-0.2, -0.15) is 0 Å². The van der Waals surface area contributed by atoms with Crippen molar-refractivity contribution in [3.8, 4) is 0 Å². The molecule has 0 radical (unpaired) electrons. The topological polar surface area (TPSA) is 27.7 Å². The van der Waals surface area contributed by atoms with E-state index in [0.717, 1.165) is 64.8 Å². The van der Waals surface area contributed by atoms with Crippen molar-refractivity contribution in [2.75, 3.05) is 19.8 Å². The molecule has 3 atom stereocenters. The van der Waals surface area contributed by atoms with Gasteiger partial charge in [0.1, 0.15) is 16.8 Å². The molecule has 0 aromatic carbocycles. The highest BCUT2D eigenvalue weighted by molar-refractivity contribution is 5.29. The third kappa shape index (κ3) is 1.21. The van der Waals surface area contributed by atoms with Crippen LogP contribution in [-0.2, 0) is 14.2 Å². The first-order valence-electron chi connectivity index (χ1n) is 7.42. The lowest BCUT2D eigenvalue weighted by atomic mass is 9.62. The lowest BCUT2D eigenvalue weighted by Crippen LogP contribution is -2.67. The van der Waals surface area contributed by atoms with Crippen LogP contribution in [0.5, 0.6) is 0 Å². The highest BCUT2D eigenvalue weighted by Crippen LogP contribution is 2.58. The minimum atomic E-state index is -0.207. The summed E-state index contributed by atoms with van der Waals surface area (Å²) in [4.78, 5) is 0. The van der Waals surface area contributed by atoms with Crippen LogP contribution in [0.4, 0.5) is 0 Å². The lowest BCUT2D eigenvalue weighted by Gasteiger charge is -2.55. The summed E-state index contributed by atoms with van der Waals surface area (Å²) in [5.74, 6) is 0. The predicted octanol–water partition coefficient (Wildman–Crippen LogP) is 2.59. The van der Waals surface area contributed by atoms with Crippen LogP contribution in [0.2, 0.25) is 0 Å². The molecule has 4 rings (SSSR count). The summed E-state index contributed by atoms with van der Waals surface area (Å²) in [7, 11) is 0. The predicted molar refractivity (Wildman–Crippen MR) is 67.5 cm³/mol. The molecule has 4 aliphatic rings. The highest BCUT2D eigenvalue weighted by atomic mass is 16.6. The molecule has 3 saturated heterocycles. The molecule has 0 aromatic heterocycles. The van der Waals surface area contributed by atoms with Crippen molar-refractivity contribution in [1.82, 2.24) is 0 Å². The summed E-state index contributed by atoms with van der Waals surface area (Å²) < 4.78 is 18.8. The van der Waals surface area contributed by atoms with Crippen molar-refractivity contribution >= 4 is 0 Å². The van der Waals surface area contributed by atoms with Crippen LogP contribution >= 0.6 is 0 Å². The van der Waals surface area contributed by atoms with E-state index in [4.69, 9.17) is 14.2 Å². The summed E-state index contributed by atoms with van der Waals surface area (Å²) in [5.41, 5.74) is -0.517. The van der Waals surface area contributed by atoms with Gasteiger partial charge in [0.15, 0.2) is 0 Å². The number of ether oxygens (including phenoxy) is 3. The Kier molecular flexibility index (Phi) is 2.42. The zero-order chi connectivity index (χ0) is 12.1. The minimum Gasteiger partial charge on any atom is -0.372 e. The molecular weight excluding hydrogens is 228 g/mol. The summed E-state index contributed by atoms with van der Waals surface area (Å²) >= 11 is 0. The first-order chi connectivity index (χ1) is 8.83. The van der Waals surface area contributed by atoms with E-state index >= 15 is 0 Å². The number of hydrogen-bond acceptors (Lipinski definition) is 3. The Morgan fingerprint density at radius 2 is 1.56 bits per heavy atom. The fraction of sp³-hybridized carbons (Fsp3) is 0.867. The molecule has 0 unspecified atom stereocenters. The molecule has 0 N–H and O–H groups in total. The van der Waals surface area contributed by atoms with Crippen molar-refractivity contribution in [2.24, 2.45) is 0 Å². The van der Waals surface area contributed by atoms with Crippen LogP contribution in [-0.4, -0.2) is 36.6 Å². The molecule has 3 nitrogen and oxygen atoms in total. The molecule has 18 heavy (non-hydrogen) atoms. The van der Waals surface area contributed by atoms with E-state index in [1.165, 1.54) is 0 Å². The molecule has 3 aliphatic heterocycles. The number of rotatable bonds is 0. The van der Waals surface area contributed by atoms with Gasteiger partial charge in [-0.1, -0.05) is 12.2 Å². The first-order valence-corrected chi connectivity index (χ1v) is 7.42. The van der Waals surface area contributed by atoms with Crippen LogP contribution in [0.1, 0.15) is 44.9 Å². The van der Waals surface area contributed by atoms with Crippen LogP contribution in [0.15, 0.2) is 12.2 Å². The summed E-state index contributed by atoms with van der Waals surface area (Å²) in [6.07, 6.45) is 12.3. The first kappa shape index (κ1) is 11.4. The maximum atomic E-state index is 6.36. The average molecular weight is 250 g/mol. The summed E-state index contributed by atoms with van der Waals surface area (Å²) in [6.45, 7) is 2.62. The van der Waals surface area contributed by atoms with E-state index < -0.39 is 0 Å². The second-order valence-electron chi connectivity index (χ2n) is 6.17. The normalized spacial score (nSPS) is 51.1. The van der Waals surface area contributed by atoms with E-state index in [-0.39, 0.29) is 16.8 Å². The largest absolute Gasteiger partial charge is 0.372 e. The van der Waals surface area contributed by atoms with Crippen LogP contribution in [0, 0.1) is 0 Å². The number of hydrogen-bond donors (Lipinski definition) is 0. The van der Waals surface area contributed by atoms with Gasteiger partial charge in [-0.15, -0.1) is 0 Å². The van der Waals surface area contributed by atoms with Crippen LogP contribution in [0.25, 0.3) is 0 Å². The van der Waals surface area contributed by atoms with Crippen molar-refractivity contribution in [3.63, 3.8) is 0 Å². The van der Waals surface area contributed by atoms with E-state index in [0.29, 0.717) is 0 Å². The van der Waals surface area contributed by atoms with Gasteiger partial charge in [-0.05, 0) is 44.9 Å². The molecule has 3 heteroatoms. The smallest absolute Gasteiger partial charge is 0.130 e. The van der Waals surface area contributed by atoms with Gasteiger partial charge in [-0.3, -0.25) is 0 Å². The molecule has 0 aromatic rings. The monoisotopic (exact) mass is 250 g/mol. The van der Waals surface area contributed by atoms with Gasteiger partial charge in [0, 0.05) is 19.8 Å². The van der Waals surface area contributed by atoms with Gasteiger partial charge in [0.05, 0.1) is 0 Å². The van der Waals surface area contributed by atoms with Crippen molar-refractivity contribution in [2.45, 2.75) is 61.7 Å². The van der Waals surface area contributed by atoms with Gasteiger partial charge < -0.3 is 14.2 Å². The Morgan fingerprint density at radius 3 is 2.22 bits per heavy atom. The third-order valence-electron chi connectivity index (χ3n) is 5.43. The zero-order valence-corrected chi connectivity index (χ0v) is 11.0. The zero-order valence-electron chi connectivity index (χ0n) is 11.0. The molecule has 1 aliphatic carbocycles. The maximum Gasteiger partial charge on any atom is 0.130 e. The quantitative estimate of drug-likeness (QED) is 0.618. The van der Waals surface area contributed by atoms with E-state index in [2.05, 4.69) is 12.2 Å². The van der Waals surface area contributed by atoms with E-state index in [1.807, 2.05) is 0 Å². The molecule has 0 amide bonds. The van der Waals surface area contributed by atoms with E-state index in [9.17, 15) is 0 Å². The lowest BCUT2D eigenvalue weighted by molar-refractivity contribution is -0.244. The summed E-state index contributed by atoms with van der Waals surface area (Å²) in [6, 6.07) is 0. The fourth-order valence-corrected chi connectivity index (χ4v) is 4.75. The number of fused-ring (bicyclic) bond motifs is 2. The van der Waals surface area contributed by atoms with Crippen molar-refractivity contribution in [1.29, 1.82) is 0 Å². The molecule has 0 saturated carbocycles. The summed E-state index contributed by atoms with van der Waals surface area (Å²) in [5, 5.41) is 0. The maximum absolute atomic E-state index is 6.36. The highest BCUT2D eigenvalue weighted by Gasteiger charge is 2.68. The third-order valence-corrected chi connectivity index (χ3v) is 5.43. The Bertz CT molecular complexity index is 356. The Labute approximate surface area is 108 Å². The SMILES string of the molecule is C1=C[C@@]2(CCCO2)[C@@]2(CCCO2)[C@]2(C1)CCCO2. The molecular formula is C15H22O3. The van der Waals surface area contributed by atoms with Gasteiger partial charge >= 0.3 is 0 Å². The van der Waals surface area contributed by atoms with Gasteiger partial charge in [0.2, 0.25) is 0 Å². The molecule has 100 valence electrons. The van der Waals surface area contributed by atoms with Crippen molar-refractivity contribution < 1.29 is 14.2 Å². The minimum absolute atomic E-state index is 0.109. The Morgan fingerprint density at radius 1 is 0.778 bits per heavy atom. The Balaban J connectivity index is 1.84. The second kappa shape index (κ2) is 3.81.